The molecule has 8 heteroatoms. The van der Waals surface area contributed by atoms with Crippen molar-refractivity contribution in [1.82, 2.24) is 5.43 Å². The van der Waals surface area contributed by atoms with Crippen molar-refractivity contribution in [1.29, 1.82) is 0 Å². The number of hydrogen-bond acceptors (Lipinski definition) is 6. The first-order valence-electron chi connectivity index (χ1n) is 7.48. The van der Waals surface area contributed by atoms with Crippen LogP contribution in [0.3, 0.4) is 0 Å². The van der Waals surface area contributed by atoms with Crippen LogP contribution in [-0.2, 0) is 0 Å². The van der Waals surface area contributed by atoms with Crippen LogP contribution in [0.1, 0.15) is 16.1 Å². The summed E-state index contributed by atoms with van der Waals surface area (Å²) in [6.45, 7) is 0. The van der Waals surface area contributed by atoms with Crippen LogP contribution < -0.4 is 10.7 Å². The zero-order chi connectivity index (χ0) is 18.5. The molecule has 3 aromatic rings. The normalized spacial score (nSPS) is 10.9. The fourth-order valence-electron chi connectivity index (χ4n) is 2.20. The van der Waals surface area contributed by atoms with Crippen LogP contribution in [0.15, 0.2) is 70.2 Å². The Morgan fingerprint density at radius 1 is 1.19 bits per heavy atom. The average Bonchev–Trinajstić information content (AvgIpc) is 3.10. The van der Waals surface area contributed by atoms with Gasteiger partial charge in [0.1, 0.15) is 11.5 Å². The lowest BCUT2D eigenvalue weighted by molar-refractivity contribution is 0.0955. The summed E-state index contributed by atoms with van der Waals surface area (Å²) < 4.78 is 5.62. The molecule has 0 radical (unpaired) electrons. The largest absolute Gasteiger partial charge is 0.733 e. The molecule has 0 bridgehead atoms. The molecule has 0 spiro atoms. The molecule has 0 aliphatic rings. The van der Waals surface area contributed by atoms with Crippen molar-refractivity contribution in [3.05, 3.63) is 82.2 Å². The Morgan fingerprint density at radius 3 is 2.77 bits per heavy atom. The monoisotopic (exact) mass is 370 g/mol. The van der Waals surface area contributed by atoms with E-state index in [0.717, 1.165) is 5.56 Å². The van der Waals surface area contributed by atoms with Gasteiger partial charge in [0.25, 0.3) is 5.91 Å². The number of carbonyl (C=O) groups excluding carboxylic acids is 1. The van der Waals surface area contributed by atoms with Gasteiger partial charge in [-0.25, -0.2) is 5.43 Å². The van der Waals surface area contributed by atoms with E-state index in [1.165, 1.54) is 30.5 Å². The molecule has 0 unspecified atom stereocenters. The predicted molar refractivity (Wildman–Crippen MR) is 98.3 cm³/mol. The molecule has 1 amide bonds. The first-order valence-corrected chi connectivity index (χ1v) is 7.86. The molecular formula is C18H13ClN3O4-. The molecule has 0 atom stereocenters. The minimum Gasteiger partial charge on any atom is -0.733 e. The molecule has 0 fully saturated rings. The van der Waals surface area contributed by atoms with E-state index < -0.39 is 5.91 Å². The van der Waals surface area contributed by atoms with Gasteiger partial charge in [0, 0.05) is 16.1 Å². The predicted octanol–water partition coefficient (Wildman–Crippen LogP) is 4.06. The molecule has 26 heavy (non-hydrogen) atoms. The number of benzene rings is 2. The Balaban J connectivity index is 1.66. The second-order valence-electron chi connectivity index (χ2n) is 5.23. The minimum atomic E-state index is -0.536. The highest BCUT2D eigenvalue weighted by atomic mass is 35.5. The number of carbonyl (C=O) groups is 1. The van der Waals surface area contributed by atoms with Gasteiger partial charge in [0.2, 0.25) is 0 Å². The lowest BCUT2D eigenvalue weighted by Crippen LogP contribution is -2.18. The van der Waals surface area contributed by atoms with Gasteiger partial charge in [-0.1, -0.05) is 29.8 Å². The molecule has 132 valence electrons. The van der Waals surface area contributed by atoms with Crippen molar-refractivity contribution in [3.63, 3.8) is 0 Å². The number of nitrogens with zero attached hydrogens (tertiary/aromatic N) is 2. The maximum absolute atomic E-state index is 12.0. The van der Waals surface area contributed by atoms with Gasteiger partial charge in [0.05, 0.1) is 11.9 Å². The van der Waals surface area contributed by atoms with Crippen LogP contribution in [0.4, 0.5) is 5.69 Å². The molecule has 1 aromatic heterocycles. The Bertz CT molecular complexity index is 953. The van der Waals surface area contributed by atoms with E-state index >= 15 is 0 Å². The quantitative estimate of drug-likeness (QED) is 0.521. The van der Waals surface area contributed by atoms with Gasteiger partial charge in [-0.05, 0) is 42.5 Å². The summed E-state index contributed by atoms with van der Waals surface area (Å²) >= 11 is 5.96. The van der Waals surface area contributed by atoms with Crippen LogP contribution >= 0.6 is 11.6 Å². The van der Waals surface area contributed by atoms with Gasteiger partial charge in [-0.2, -0.15) is 5.10 Å². The molecule has 0 aliphatic carbocycles. The highest BCUT2D eigenvalue weighted by molar-refractivity contribution is 6.30. The second-order valence-corrected chi connectivity index (χ2v) is 5.67. The summed E-state index contributed by atoms with van der Waals surface area (Å²) in [6, 6.07) is 16.3. The van der Waals surface area contributed by atoms with Crippen molar-refractivity contribution in [2.45, 2.75) is 0 Å². The maximum Gasteiger partial charge on any atom is 0.271 e. The summed E-state index contributed by atoms with van der Waals surface area (Å²) in [4.78, 5) is 12.0. The Labute approximate surface area is 153 Å². The Kier molecular flexibility index (Phi) is 5.33. The molecule has 0 saturated carbocycles. The van der Waals surface area contributed by atoms with E-state index in [1.807, 2.05) is 12.1 Å². The molecule has 7 nitrogen and oxygen atoms in total. The van der Waals surface area contributed by atoms with Gasteiger partial charge in [-0.3, -0.25) is 10.0 Å². The molecule has 3 rings (SSSR count). The highest BCUT2D eigenvalue weighted by Gasteiger charge is 2.06. The summed E-state index contributed by atoms with van der Waals surface area (Å²) in [7, 11) is 0. The zero-order valence-electron chi connectivity index (χ0n) is 13.3. The number of halogens is 1. The Hall–Kier alpha value is -3.13. The van der Waals surface area contributed by atoms with E-state index in [-0.39, 0.29) is 16.5 Å². The summed E-state index contributed by atoms with van der Waals surface area (Å²) in [5, 5.41) is 23.8. The highest BCUT2D eigenvalue weighted by Crippen LogP contribution is 2.24. The van der Waals surface area contributed by atoms with Crippen molar-refractivity contribution < 1.29 is 14.4 Å². The SMILES string of the molecule is O=C(NN=Cc1ccc(-c2cccc(Cl)c2)o1)c1cccc(N([O-])O)c1. The van der Waals surface area contributed by atoms with Gasteiger partial charge >= 0.3 is 0 Å². The summed E-state index contributed by atoms with van der Waals surface area (Å²) in [5.41, 5.74) is 3.26. The van der Waals surface area contributed by atoms with Crippen LogP contribution in [-0.4, -0.2) is 17.3 Å². The van der Waals surface area contributed by atoms with Crippen molar-refractivity contribution in [3.8, 4) is 11.3 Å². The third-order valence-electron chi connectivity index (χ3n) is 3.42. The maximum atomic E-state index is 12.0. The molecule has 0 saturated heterocycles. The third kappa shape index (κ3) is 4.28. The lowest BCUT2D eigenvalue weighted by Gasteiger charge is -2.21. The molecular weight excluding hydrogens is 358 g/mol. The number of rotatable bonds is 5. The fraction of sp³-hybridized carbons (Fsp3) is 0. The second kappa shape index (κ2) is 7.83. The van der Waals surface area contributed by atoms with Crippen molar-refractivity contribution in [2.75, 3.05) is 5.23 Å². The van der Waals surface area contributed by atoms with E-state index in [2.05, 4.69) is 10.5 Å². The topological polar surface area (TPSA) is 101 Å². The fourth-order valence-corrected chi connectivity index (χ4v) is 2.39. The van der Waals surface area contributed by atoms with Gasteiger partial charge in [-0.15, -0.1) is 0 Å². The molecule has 1 heterocycles. The van der Waals surface area contributed by atoms with Gasteiger partial charge in [0.15, 0.2) is 0 Å². The minimum absolute atomic E-state index is 0.0566. The number of hydrazone groups is 1. The first-order chi connectivity index (χ1) is 12.5. The van der Waals surface area contributed by atoms with Crippen molar-refractivity contribution >= 4 is 29.4 Å². The Morgan fingerprint density at radius 2 is 2.00 bits per heavy atom. The summed E-state index contributed by atoms with van der Waals surface area (Å²) in [5.74, 6) is 0.521. The molecule has 2 aromatic carbocycles. The third-order valence-corrected chi connectivity index (χ3v) is 3.66. The van der Waals surface area contributed by atoms with Crippen LogP contribution in [0, 0.1) is 5.21 Å². The van der Waals surface area contributed by atoms with E-state index in [1.54, 1.807) is 24.3 Å². The number of anilines is 1. The first kappa shape index (κ1) is 17.7. The number of furan rings is 1. The number of nitrogens with one attached hydrogen (secondary N) is 1. The van der Waals surface area contributed by atoms with Crippen molar-refractivity contribution in [2.24, 2.45) is 5.10 Å². The van der Waals surface area contributed by atoms with Crippen LogP contribution in [0.2, 0.25) is 5.02 Å². The standard InChI is InChI=1S/C18H13ClN3O4/c19-14-5-1-3-12(9-14)17-8-7-16(26-17)11-20-21-18(23)13-4-2-6-15(10-13)22(24)25/h1-11,24H,(H,21,23)/q-1. The molecule has 2 N–H and O–H groups in total. The van der Waals surface area contributed by atoms with Gasteiger partial charge < -0.3 is 14.9 Å². The van der Waals surface area contributed by atoms with E-state index in [9.17, 15) is 10.0 Å². The van der Waals surface area contributed by atoms with Crippen LogP contribution in [0.5, 0.6) is 0 Å². The van der Waals surface area contributed by atoms with E-state index in [4.69, 9.17) is 21.2 Å². The number of amides is 1. The summed E-state index contributed by atoms with van der Waals surface area (Å²) in [6.07, 6.45) is 1.35. The van der Waals surface area contributed by atoms with E-state index in [0.29, 0.717) is 16.5 Å². The smallest absolute Gasteiger partial charge is 0.271 e. The lowest BCUT2D eigenvalue weighted by atomic mass is 10.2. The van der Waals surface area contributed by atoms with Crippen LogP contribution in [0.25, 0.3) is 11.3 Å². The zero-order valence-corrected chi connectivity index (χ0v) is 14.1. The number of hydrogen-bond donors (Lipinski definition) is 2. The molecule has 0 aliphatic heterocycles. The average molecular weight is 371 g/mol.